The maximum Gasteiger partial charge on any atom is 0.340 e. The number of halogens is 4. The first-order chi connectivity index (χ1) is 9.45. The van der Waals surface area contributed by atoms with Crippen molar-refractivity contribution in [2.24, 2.45) is 0 Å². The van der Waals surface area contributed by atoms with E-state index in [1.165, 1.54) is 24.4 Å². The molecule has 20 heavy (non-hydrogen) atoms. The summed E-state index contributed by atoms with van der Waals surface area (Å²) >= 11 is 17.8. The molecular weight excluding hydrogens is 328 g/mol. The van der Waals surface area contributed by atoms with Gasteiger partial charge in [-0.25, -0.2) is 9.18 Å². The monoisotopic (exact) mass is 333 g/mol. The minimum atomic E-state index is -0.856. The molecule has 3 nitrogen and oxygen atoms in total. The largest absolute Gasteiger partial charge is 0.465 e. The molecule has 0 radical (unpaired) electrons. The molecule has 0 amide bonds. The second-order valence-corrected chi connectivity index (χ2v) is 5.01. The van der Waals surface area contributed by atoms with Crippen molar-refractivity contribution in [3.63, 3.8) is 0 Å². The Morgan fingerprint density at radius 1 is 1.25 bits per heavy atom. The molecule has 0 aliphatic carbocycles. The fourth-order valence-corrected chi connectivity index (χ4v) is 2.65. The summed E-state index contributed by atoms with van der Waals surface area (Å²) in [5.74, 6) is -1.67. The molecule has 0 N–H and O–H groups in total. The van der Waals surface area contributed by atoms with Gasteiger partial charge in [0.15, 0.2) is 5.82 Å². The molecule has 0 fully saturated rings. The van der Waals surface area contributed by atoms with Gasteiger partial charge >= 0.3 is 5.97 Å². The van der Waals surface area contributed by atoms with Gasteiger partial charge in [0.05, 0.1) is 22.7 Å². The lowest BCUT2D eigenvalue weighted by Gasteiger charge is -2.10. The van der Waals surface area contributed by atoms with Crippen molar-refractivity contribution < 1.29 is 13.9 Å². The normalized spacial score (nSPS) is 10.4. The third-order valence-corrected chi connectivity index (χ3v) is 3.35. The van der Waals surface area contributed by atoms with Gasteiger partial charge < -0.3 is 4.74 Å². The van der Waals surface area contributed by atoms with Gasteiger partial charge in [-0.05, 0) is 18.2 Å². The molecule has 0 spiro atoms. The number of ether oxygens (including phenoxy) is 1. The number of aromatic nitrogens is 1. The molecule has 0 bridgehead atoms. The van der Waals surface area contributed by atoms with Crippen LogP contribution < -0.4 is 0 Å². The number of methoxy groups -OCH3 is 1. The van der Waals surface area contributed by atoms with Gasteiger partial charge in [-0.2, -0.15) is 0 Å². The molecule has 104 valence electrons. The zero-order valence-electron chi connectivity index (χ0n) is 10.1. The molecule has 0 saturated heterocycles. The van der Waals surface area contributed by atoms with Crippen LogP contribution in [0.2, 0.25) is 15.1 Å². The standard InChI is InChI=1S/C13H7Cl3FNO2/c1-20-13(19)7-2-3-18-12(11(7)17)10-8(15)4-6(14)5-9(10)16/h2-5H,1H3. The SMILES string of the molecule is COC(=O)c1ccnc(-c2c(Cl)cc(Cl)cc2Cl)c1F. The van der Waals surface area contributed by atoms with E-state index in [1.54, 1.807) is 0 Å². The van der Waals surface area contributed by atoms with Crippen LogP contribution >= 0.6 is 34.8 Å². The van der Waals surface area contributed by atoms with Crippen molar-refractivity contribution in [2.75, 3.05) is 7.11 Å². The molecule has 0 unspecified atom stereocenters. The Hall–Kier alpha value is -1.36. The van der Waals surface area contributed by atoms with Crippen molar-refractivity contribution in [3.8, 4) is 11.3 Å². The Labute approximate surface area is 129 Å². The van der Waals surface area contributed by atoms with Crippen LogP contribution in [0.3, 0.4) is 0 Å². The molecule has 0 aliphatic heterocycles. The van der Waals surface area contributed by atoms with Gasteiger partial charge in [-0.1, -0.05) is 34.8 Å². The summed E-state index contributed by atoms with van der Waals surface area (Å²) in [5.41, 5.74) is -0.222. The van der Waals surface area contributed by atoms with Crippen LogP contribution in [-0.4, -0.2) is 18.1 Å². The Balaban J connectivity index is 2.69. The Kier molecular flexibility index (Phi) is 4.48. The topological polar surface area (TPSA) is 39.2 Å². The van der Waals surface area contributed by atoms with Crippen LogP contribution in [0.25, 0.3) is 11.3 Å². The molecule has 0 aliphatic rings. The van der Waals surface area contributed by atoms with Gasteiger partial charge in [0, 0.05) is 16.8 Å². The summed E-state index contributed by atoms with van der Waals surface area (Å²) in [5, 5.41) is 0.583. The molecule has 0 saturated carbocycles. The van der Waals surface area contributed by atoms with Crippen molar-refractivity contribution in [2.45, 2.75) is 0 Å². The van der Waals surface area contributed by atoms with Gasteiger partial charge in [-0.3, -0.25) is 4.98 Å². The zero-order chi connectivity index (χ0) is 14.9. The average molecular weight is 335 g/mol. The minimum Gasteiger partial charge on any atom is -0.465 e. The quantitative estimate of drug-likeness (QED) is 0.751. The zero-order valence-corrected chi connectivity index (χ0v) is 12.4. The lowest BCUT2D eigenvalue weighted by atomic mass is 10.1. The Morgan fingerprint density at radius 2 is 1.85 bits per heavy atom. The summed E-state index contributed by atoms with van der Waals surface area (Å²) in [6, 6.07) is 4.04. The van der Waals surface area contributed by atoms with E-state index in [4.69, 9.17) is 34.8 Å². The smallest absolute Gasteiger partial charge is 0.340 e. The number of hydrogen-bond acceptors (Lipinski definition) is 3. The molecule has 0 atom stereocenters. The van der Waals surface area contributed by atoms with Crippen LogP contribution in [0.1, 0.15) is 10.4 Å². The summed E-state index contributed by atoms with van der Waals surface area (Å²) in [6.07, 6.45) is 1.27. The highest BCUT2D eigenvalue weighted by atomic mass is 35.5. The van der Waals surface area contributed by atoms with Crippen LogP contribution in [0.4, 0.5) is 4.39 Å². The maximum absolute atomic E-state index is 14.3. The summed E-state index contributed by atoms with van der Waals surface area (Å²) in [6.45, 7) is 0. The number of carbonyl (C=O) groups is 1. The van der Waals surface area contributed by atoms with Crippen molar-refractivity contribution in [1.29, 1.82) is 0 Å². The van der Waals surface area contributed by atoms with E-state index in [9.17, 15) is 9.18 Å². The maximum atomic E-state index is 14.3. The number of carbonyl (C=O) groups excluding carboxylic acids is 1. The number of hydrogen-bond donors (Lipinski definition) is 0. The van der Waals surface area contributed by atoms with Crippen molar-refractivity contribution >= 4 is 40.8 Å². The predicted molar refractivity (Wildman–Crippen MR) is 76.0 cm³/mol. The average Bonchev–Trinajstić information content (AvgIpc) is 2.38. The van der Waals surface area contributed by atoms with Crippen molar-refractivity contribution in [1.82, 2.24) is 4.98 Å². The second-order valence-electron chi connectivity index (χ2n) is 3.76. The second kappa shape index (κ2) is 5.95. The molecule has 1 heterocycles. The predicted octanol–water partition coefficient (Wildman–Crippen LogP) is 4.63. The lowest BCUT2D eigenvalue weighted by Crippen LogP contribution is -2.06. The number of benzene rings is 1. The molecule has 2 aromatic rings. The van der Waals surface area contributed by atoms with Gasteiger partial charge in [0.2, 0.25) is 0 Å². The van der Waals surface area contributed by atoms with Crippen LogP contribution in [-0.2, 0) is 4.74 Å². The minimum absolute atomic E-state index is 0.135. The number of rotatable bonds is 2. The van der Waals surface area contributed by atoms with E-state index < -0.39 is 11.8 Å². The van der Waals surface area contributed by atoms with Gasteiger partial charge in [-0.15, -0.1) is 0 Å². The van der Waals surface area contributed by atoms with E-state index in [0.717, 1.165) is 7.11 Å². The van der Waals surface area contributed by atoms with E-state index >= 15 is 0 Å². The lowest BCUT2D eigenvalue weighted by molar-refractivity contribution is 0.0595. The summed E-state index contributed by atoms with van der Waals surface area (Å²) in [7, 11) is 1.16. The summed E-state index contributed by atoms with van der Waals surface area (Å²) < 4.78 is 18.8. The third kappa shape index (κ3) is 2.73. The van der Waals surface area contributed by atoms with Crippen LogP contribution in [0, 0.1) is 5.82 Å². The molecular formula is C13H7Cl3FNO2. The van der Waals surface area contributed by atoms with Crippen LogP contribution in [0.15, 0.2) is 24.4 Å². The van der Waals surface area contributed by atoms with Crippen LogP contribution in [0.5, 0.6) is 0 Å². The highest BCUT2D eigenvalue weighted by molar-refractivity contribution is 6.41. The summed E-state index contributed by atoms with van der Waals surface area (Å²) in [4.78, 5) is 15.3. The Morgan fingerprint density at radius 3 is 2.40 bits per heavy atom. The van der Waals surface area contributed by atoms with E-state index in [1.807, 2.05) is 0 Å². The molecule has 1 aromatic carbocycles. The molecule has 1 aromatic heterocycles. The first kappa shape index (κ1) is 15.0. The number of pyridine rings is 1. The fraction of sp³-hybridized carbons (Fsp3) is 0.0769. The van der Waals surface area contributed by atoms with E-state index in [-0.39, 0.29) is 26.9 Å². The highest BCUT2D eigenvalue weighted by Gasteiger charge is 2.21. The number of nitrogens with zero attached hydrogens (tertiary/aromatic N) is 1. The molecule has 7 heteroatoms. The van der Waals surface area contributed by atoms with E-state index in [2.05, 4.69) is 9.72 Å². The number of esters is 1. The fourth-order valence-electron chi connectivity index (χ4n) is 1.65. The third-order valence-electron chi connectivity index (χ3n) is 2.54. The molecule has 2 rings (SSSR count). The highest BCUT2D eigenvalue weighted by Crippen LogP contribution is 2.37. The van der Waals surface area contributed by atoms with Crippen molar-refractivity contribution in [3.05, 3.63) is 50.8 Å². The first-order valence-electron chi connectivity index (χ1n) is 5.33. The Bertz CT molecular complexity index is 668. The van der Waals surface area contributed by atoms with Gasteiger partial charge in [0.1, 0.15) is 5.69 Å². The van der Waals surface area contributed by atoms with Gasteiger partial charge in [0.25, 0.3) is 0 Å². The first-order valence-corrected chi connectivity index (χ1v) is 6.46. The van der Waals surface area contributed by atoms with E-state index in [0.29, 0.717) is 5.02 Å².